The highest BCUT2D eigenvalue weighted by Gasteiger charge is 2.63. The number of fused-ring (bicyclic) bond motifs is 5. The highest BCUT2D eigenvalue weighted by atomic mass is 19.1. The lowest BCUT2D eigenvalue weighted by Gasteiger charge is -2.62. The molecule has 4 aliphatic rings. The second-order valence-corrected chi connectivity index (χ2v) is 11.5. The van der Waals surface area contributed by atoms with Gasteiger partial charge in [-0.2, -0.15) is 0 Å². The zero-order valence-corrected chi connectivity index (χ0v) is 18.8. The molecule has 1 N–H and O–H groups in total. The first kappa shape index (κ1) is 21.6. The summed E-state index contributed by atoms with van der Waals surface area (Å²) in [5.41, 5.74) is 0.417. The average Bonchev–Trinajstić information content (AvgIpc) is 3.04. The van der Waals surface area contributed by atoms with Gasteiger partial charge in [0.15, 0.2) is 0 Å². The van der Waals surface area contributed by atoms with E-state index in [0.29, 0.717) is 42.4 Å². The lowest BCUT2D eigenvalue weighted by atomic mass is 9.44. The molecule has 166 valence electrons. The molecule has 0 aliphatic heterocycles. The van der Waals surface area contributed by atoms with E-state index in [9.17, 15) is 9.90 Å². The highest BCUT2D eigenvalue weighted by molar-refractivity contribution is 5.69. The van der Waals surface area contributed by atoms with Crippen molar-refractivity contribution < 1.29 is 19.0 Å². The smallest absolute Gasteiger partial charge is 0.305 e. The zero-order chi connectivity index (χ0) is 21.0. The molecular formula is C25H41FO3. The normalized spacial score (nSPS) is 50.2. The molecule has 4 saturated carbocycles. The summed E-state index contributed by atoms with van der Waals surface area (Å²) in [5.74, 6) is 2.46. The molecule has 0 amide bonds. The molecule has 0 aromatic rings. The Labute approximate surface area is 176 Å². The van der Waals surface area contributed by atoms with Crippen molar-refractivity contribution >= 4 is 5.97 Å². The molecule has 4 aliphatic carbocycles. The third-order valence-corrected chi connectivity index (χ3v) is 10.4. The van der Waals surface area contributed by atoms with Gasteiger partial charge < -0.3 is 9.84 Å². The van der Waals surface area contributed by atoms with E-state index in [2.05, 4.69) is 20.8 Å². The third kappa shape index (κ3) is 3.46. The summed E-state index contributed by atoms with van der Waals surface area (Å²) in [7, 11) is 1.46. The molecule has 0 bridgehead atoms. The molecule has 4 fully saturated rings. The standard InChI is InChI=1S/C25H41FO3/c1-15(5-8-22(28)29-4)18-6-7-19-23-20(10-12-25(18,19)3)24(2)11-9-17(27)13-16(24)14-21(23)26/h15-21,23,27H,5-14H2,1-4H3/t15-,16?,17-,18-,19+,20+,21?,23+,24+,25-/m1/s1. The number of hydrogen-bond donors (Lipinski definition) is 1. The number of ether oxygens (including phenoxy) is 1. The minimum absolute atomic E-state index is 0.116. The van der Waals surface area contributed by atoms with Gasteiger partial charge in [0.25, 0.3) is 0 Å². The average molecular weight is 409 g/mol. The number of hydrogen-bond acceptors (Lipinski definition) is 3. The van der Waals surface area contributed by atoms with Crippen molar-refractivity contribution in [2.75, 3.05) is 7.11 Å². The van der Waals surface area contributed by atoms with Crippen LogP contribution in [0.15, 0.2) is 0 Å². The molecule has 2 unspecified atom stereocenters. The van der Waals surface area contributed by atoms with E-state index in [4.69, 9.17) is 4.74 Å². The number of methoxy groups -OCH3 is 1. The maximum Gasteiger partial charge on any atom is 0.305 e. The topological polar surface area (TPSA) is 46.5 Å². The third-order valence-electron chi connectivity index (χ3n) is 10.4. The van der Waals surface area contributed by atoms with Crippen molar-refractivity contribution in [3.8, 4) is 0 Å². The number of aliphatic hydroxyl groups excluding tert-OH is 1. The monoisotopic (exact) mass is 408 g/mol. The number of esters is 1. The summed E-state index contributed by atoms with van der Waals surface area (Å²) in [6.07, 6.45) is 8.52. The van der Waals surface area contributed by atoms with Crippen molar-refractivity contribution in [1.82, 2.24) is 0 Å². The minimum Gasteiger partial charge on any atom is -0.469 e. The van der Waals surface area contributed by atoms with Crippen LogP contribution in [0, 0.1) is 46.3 Å². The summed E-state index contributed by atoms with van der Waals surface area (Å²) >= 11 is 0. The molecule has 29 heavy (non-hydrogen) atoms. The van der Waals surface area contributed by atoms with Gasteiger partial charge >= 0.3 is 5.97 Å². The second kappa shape index (κ2) is 7.80. The van der Waals surface area contributed by atoms with Gasteiger partial charge in [0.1, 0.15) is 6.17 Å². The summed E-state index contributed by atoms with van der Waals surface area (Å²) in [4.78, 5) is 11.6. The summed E-state index contributed by atoms with van der Waals surface area (Å²) < 4.78 is 20.5. The van der Waals surface area contributed by atoms with E-state index in [1.54, 1.807) is 0 Å². The Kier molecular flexibility index (Phi) is 5.81. The number of alkyl halides is 1. The van der Waals surface area contributed by atoms with E-state index in [-0.39, 0.29) is 28.8 Å². The van der Waals surface area contributed by atoms with Crippen LogP contribution >= 0.6 is 0 Å². The fourth-order valence-electron chi connectivity index (χ4n) is 8.77. The Balaban J connectivity index is 1.53. The Morgan fingerprint density at radius 3 is 2.52 bits per heavy atom. The molecule has 0 aromatic carbocycles. The molecule has 0 aromatic heterocycles. The van der Waals surface area contributed by atoms with E-state index >= 15 is 4.39 Å². The van der Waals surface area contributed by atoms with Crippen LogP contribution in [0.1, 0.15) is 85.0 Å². The quantitative estimate of drug-likeness (QED) is 0.621. The first-order valence-electron chi connectivity index (χ1n) is 12.1. The van der Waals surface area contributed by atoms with Crippen LogP contribution in [0.25, 0.3) is 0 Å². The lowest BCUT2D eigenvalue weighted by Crippen LogP contribution is -2.57. The van der Waals surface area contributed by atoms with Gasteiger partial charge in [-0.15, -0.1) is 0 Å². The SMILES string of the molecule is COC(=O)CC[C@@H](C)[C@H]1CC[C@H]2[C@@H]3C(F)CC4C[C@H](O)CC[C@]4(C)[C@H]3CC[C@]12C. The van der Waals surface area contributed by atoms with Crippen molar-refractivity contribution in [1.29, 1.82) is 0 Å². The largest absolute Gasteiger partial charge is 0.469 e. The summed E-state index contributed by atoms with van der Waals surface area (Å²) in [5, 5.41) is 10.2. The van der Waals surface area contributed by atoms with E-state index in [1.807, 2.05) is 0 Å². The van der Waals surface area contributed by atoms with Crippen LogP contribution in [0.5, 0.6) is 0 Å². The Morgan fingerprint density at radius 2 is 1.79 bits per heavy atom. The number of carbonyl (C=O) groups excluding carboxylic acids is 1. The van der Waals surface area contributed by atoms with Crippen molar-refractivity contribution in [3.63, 3.8) is 0 Å². The molecule has 0 saturated heterocycles. The Bertz CT molecular complexity index is 623. The van der Waals surface area contributed by atoms with Crippen LogP contribution in [0.3, 0.4) is 0 Å². The molecule has 0 radical (unpaired) electrons. The maximum atomic E-state index is 15.7. The predicted octanol–water partition coefficient (Wildman–Crippen LogP) is 5.54. The molecule has 0 heterocycles. The molecule has 0 spiro atoms. The van der Waals surface area contributed by atoms with Crippen molar-refractivity contribution in [2.24, 2.45) is 46.3 Å². The second-order valence-electron chi connectivity index (χ2n) is 11.5. The van der Waals surface area contributed by atoms with Gasteiger partial charge in [-0.25, -0.2) is 4.39 Å². The van der Waals surface area contributed by atoms with Crippen LogP contribution in [0.2, 0.25) is 0 Å². The Morgan fingerprint density at radius 1 is 1.10 bits per heavy atom. The first-order valence-corrected chi connectivity index (χ1v) is 12.1. The van der Waals surface area contributed by atoms with Gasteiger partial charge in [-0.3, -0.25) is 4.79 Å². The predicted molar refractivity (Wildman–Crippen MR) is 112 cm³/mol. The fraction of sp³-hybridized carbons (Fsp3) is 0.960. The van der Waals surface area contributed by atoms with Gasteiger partial charge in [0.2, 0.25) is 0 Å². The lowest BCUT2D eigenvalue weighted by molar-refractivity contribution is -0.157. The maximum absolute atomic E-state index is 15.7. The van der Waals surface area contributed by atoms with Gasteiger partial charge in [0, 0.05) is 6.42 Å². The number of rotatable bonds is 4. The highest BCUT2D eigenvalue weighted by Crippen LogP contribution is 2.68. The van der Waals surface area contributed by atoms with E-state index < -0.39 is 6.17 Å². The van der Waals surface area contributed by atoms with Crippen molar-refractivity contribution in [3.05, 3.63) is 0 Å². The summed E-state index contributed by atoms with van der Waals surface area (Å²) in [6.45, 7) is 7.15. The fourth-order valence-corrected chi connectivity index (χ4v) is 8.77. The van der Waals surface area contributed by atoms with Gasteiger partial charge in [-0.05, 0) is 104 Å². The van der Waals surface area contributed by atoms with E-state index in [1.165, 1.54) is 20.0 Å². The number of carbonyl (C=O) groups is 1. The Hall–Kier alpha value is -0.640. The van der Waals surface area contributed by atoms with E-state index in [0.717, 1.165) is 38.5 Å². The van der Waals surface area contributed by atoms with Crippen molar-refractivity contribution in [2.45, 2.75) is 97.3 Å². The minimum atomic E-state index is -0.711. The molecule has 4 rings (SSSR count). The molecule has 4 heteroatoms. The molecular weight excluding hydrogens is 367 g/mol. The van der Waals surface area contributed by atoms with Gasteiger partial charge in [0.05, 0.1) is 13.2 Å². The first-order chi connectivity index (χ1) is 13.7. The molecule has 10 atom stereocenters. The van der Waals surface area contributed by atoms with Crippen LogP contribution < -0.4 is 0 Å². The number of halogens is 1. The van der Waals surface area contributed by atoms with Crippen LogP contribution in [-0.2, 0) is 9.53 Å². The summed E-state index contributed by atoms with van der Waals surface area (Å²) in [6, 6.07) is 0. The molecule has 3 nitrogen and oxygen atoms in total. The zero-order valence-electron chi connectivity index (χ0n) is 18.8. The number of aliphatic hydroxyl groups is 1. The van der Waals surface area contributed by atoms with Crippen LogP contribution in [0.4, 0.5) is 4.39 Å². The van der Waals surface area contributed by atoms with Gasteiger partial charge in [-0.1, -0.05) is 20.8 Å². The van der Waals surface area contributed by atoms with Crippen LogP contribution in [-0.4, -0.2) is 30.5 Å².